The summed E-state index contributed by atoms with van der Waals surface area (Å²) in [5.41, 5.74) is 0. The molecule has 54 valence electrons. The molecule has 1 N–H and O–H groups in total. The van der Waals surface area contributed by atoms with Gasteiger partial charge < -0.3 is 10.1 Å². The lowest BCUT2D eigenvalue weighted by atomic mass is 9.94. The average Bonchev–Trinajstić information content (AvgIpc) is 1.60. The molecule has 1 rings (SSSR count). The van der Waals surface area contributed by atoms with Crippen LogP contribution in [0.3, 0.4) is 0 Å². The lowest BCUT2D eigenvalue weighted by Crippen LogP contribution is -2.48. The molecule has 0 aromatic rings. The highest BCUT2D eigenvalue weighted by molar-refractivity contribution is 4.81. The monoisotopic (exact) mass is 129 g/mol. The molecule has 0 saturated carbocycles. The Morgan fingerprint density at radius 3 is 2.78 bits per heavy atom. The second-order valence-electron chi connectivity index (χ2n) is 2.78. The Kier molecular flexibility index (Phi) is 2.49. The molecule has 1 saturated heterocycles. The largest absolute Gasteiger partial charge is 0.384 e. The smallest absolute Gasteiger partial charge is 0.0502 e. The number of ether oxygens (including phenoxy) is 1. The Bertz CT molecular complexity index is 81.0. The third-order valence-corrected chi connectivity index (χ3v) is 1.98. The molecule has 1 aliphatic rings. The van der Waals surface area contributed by atoms with Crippen LogP contribution in [0, 0.1) is 5.92 Å². The molecule has 2 nitrogen and oxygen atoms in total. The van der Waals surface area contributed by atoms with E-state index >= 15 is 0 Å². The molecule has 0 amide bonds. The normalized spacial score (nSPS) is 29.3. The zero-order chi connectivity index (χ0) is 6.69. The first-order valence-electron chi connectivity index (χ1n) is 3.57. The fourth-order valence-corrected chi connectivity index (χ4v) is 1.18. The van der Waals surface area contributed by atoms with Crippen molar-refractivity contribution in [1.29, 1.82) is 0 Å². The summed E-state index contributed by atoms with van der Waals surface area (Å²) < 4.78 is 5.02. The molecule has 1 fully saturated rings. The minimum atomic E-state index is 0.684. The van der Waals surface area contributed by atoms with Gasteiger partial charge in [0.25, 0.3) is 0 Å². The van der Waals surface area contributed by atoms with E-state index in [0.717, 1.165) is 12.6 Å². The topological polar surface area (TPSA) is 21.3 Å². The molecular weight excluding hydrogens is 114 g/mol. The predicted molar refractivity (Wildman–Crippen MR) is 37.4 cm³/mol. The van der Waals surface area contributed by atoms with Crippen LogP contribution in [-0.4, -0.2) is 26.3 Å². The van der Waals surface area contributed by atoms with Gasteiger partial charge in [-0.15, -0.1) is 0 Å². The molecule has 9 heavy (non-hydrogen) atoms. The van der Waals surface area contributed by atoms with Gasteiger partial charge in [0.05, 0.1) is 6.61 Å². The van der Waals surface area contributed by atoms with Gasteiger partial charge in [-0.3, -0.25) is 0 Å². The molecule has 0 aromatic carbocycles. The highest BCUT2D eigenvalue weighted by atomic mass is 16.5. The summed E-state index contributed by atoms with van der Waals surface area (Å²) in [5.74, 6) is 0.684. The van der Waals surface area contributed by atoms with Gasteiger partial charge >= 0.3 is 0 Å². The van der Waals surface area contributed by atoms with Gasteiger partial charge in [0.1, 0.15) is 0 Å². The van der Waals surface area contributed by atoms with E-state index in [2.05, 4.69) is 12.2 Å². The maximum atomic E-state index is 5.02. The van der Waals surface area contributed by atoms with Crippen LogP contribution in [0.5, 0.6) is 0 Å². The van der Waals surface area contributed by atoms with Gasteiger partial charge in [-0.1, -0.05) is 6.92 Å². The van der Waals surface area contributed by atoms with Crippen LogP contribution in [0.2, 0.25) is 0 Å². The Labute approximate surface area is 56.6 Å². The highest BCUT2D eigenvalue weighted by Crippen LogP contribution is 2.12. The third kappa shape index (κ3) is 1.66. The Morgan fingerprint density at radius 1 is 1.78 bits per heavy atom. The zero-order valence-electron chi connectivity index (χ0n) is 6.18. The molecule has 1 heterocycles. The summed E-state index contributed by atoms with van der Waals surface area (Å²) in [5, 5.41) is 3.35. The fourth-order valence-electron chi connectivity index (χ4n) is 1.18. The fraction of sp³-hybridized carbons (Fsp3) is 1.00. The van der Waals surface area contributed by atoms with Crippen molar-refractivity contribution in [2.75, 3.05) is 20.3 Å². The number of methoxy groups -OCH3 is 1. The van der Waals surface area contributed by atoms with Crippen LogP contribution in [0.25, 0.3) is 0 Å². The van der Waals surface area contributed by atoms with Crippen molar-refractivity contribution < 1.29 is 4.74 Å². The van der Waals surface area contributed by atoms with Crippen molar-refractivity contribution in [3.63, 3.8) is 0 Å². The van der Waals surface area contributed by atoms with Gasteiger partial charge in [0.15, 0.2) is 0 Å². The van der Waals surface area contributed by atoms with Gasteiger partial charge in [-0.2, -0.15) is 0 Å². The molecule has 2 heteroatoms. The molecule has 0 bridgehead atoms. The van der Waals surface area contributed by atoms with Crippen LogP contribution in [0.1, 0.15) is 13.3 Å². The minimum absolute atomic E-state index is 0.684. The van der Waals surface area contributed by atoms with E-state index in [1.165, 1.54) is 13.0 Å². The molecule has 0 aromatic heterocycles. The summed E-state index contributed by atoms with van der Waals surface area (Å²) in [7, 11) is 1.76. The number of nitrogens with one attached hydrogen (secondary N) is 1. The number of hydrogen-bond donors (Lipinski definition) is 1. The van der Waals surface area contributed by atoms with Crippen LogP contribution in [-0.2, 0) is 4.74 Å². The first-order valence-corrected chi connectivity index (χ1v) is 3.57. The SMILES string of the molecule is COCC(C)C1CCN1. The van der Waals surface area contributed by atoms with E-state index < -0.39 is 0 Å². The van der Waals surface area contributed by atoms with Crippen molar-refractivity contribution in [2.24, 2.45) is 5.92 Å². The molecular formula is C7H15NO. The van der Waals surface area contributed by atoms with E-state index in [1.54, 1.807) is 7.11 Å². The van der Waals surface area contributed by atoms with E-state index in [-0.39, 0.29) is 0 Å². The summed E-state index contributed by atoms with van der Waals surface area (Å²) in [4.78, 5) is 0. The van der Waals surface area contributed by atoms with Gasteiger partial charge in [-0.05, 0) is 18.9 Å². The highest BCUT2D eigenvalue weighted by Gasteiger charge is 2.22. The summed E-state index contributed by atoms with van der Waals surface area (Å²) in [6.07, 6.45) is 1.32. The van der Waals surface area contributed by atoms with Crippen molar-refractivity contribution in [3.8, 4) is 0 Å². The number of rotatable bonds is 3. The maximum Gasteiger partial charge on any atom is 0.0502 e. The van der Waals surface area contributed by atoms with Crippen molar-refractivity contribution >= 4 is 0 Å². The van der Waals surface area contributed by atoms with E-state index in [0.29, 0.717) is 5.92 Å². The van der Waals surface area contributed by atoms with Gasteiger partial charge in [-0.25, -0.2) is 0 Å². The van der Waals surface area contributed by atoms with E-state index in [4.69, 9.17) is 4.74 Å². The molecule has 2 atom stereocenters. The summed E-state index contributed by atoms with van der Waals surface area (Å²) in [6.45, 7) is 4.30. The van der Waals surface area contributed by atoms with Crippen LogP contribution < -0.4 is 5.32 Å². The second-order valence-corrected chi connectivity index (χ2v) is 2.78. The van der Waals surface area contributed by atoms with Crippen molar-refractivity contribution in [1.82, 2.24) is 5.32 Å². The predicted octanol–water partition coefficient (Wildman–Crippen LogP) is 0.631. The number of hydrogen-bond acceptors (Lipinski definition) is 2. The summed E-state index contributed by atoms with van der Waals surface area (Å²) >= 11 is 0. The molecule has 0 spiro atoms. The van der Waals surface area contributed by atoms with Crippen LogP contribution in [0.4, 0.5) is 0 Å². The van der Waals surface area contributed by atoms with Crippen LogP contribution >= 0.6 is 0 Å². The molecule has 0 aliphatic carbocycles. The standard InChI is InChI=1S/C7H15NO/c1-6(5-9-2)7-3-4-8-7/h6-8H,3-5H2,1-2H3. The molecule has 2 unspecified atom stereocenters. The van der Waals surface area contributed by atoms with Gasteiger partial charge in [0, 0.05) is 13.2 Å². The van der Waals surface area contributed by atoms with E-state index in [1.807, 2.05) is 0 Å². The Balaban J connectivity index is 2.08. The van der Waals surface area contributed by atoms with E-state index in [9.17, 15) is 0 Å². The molecule has 1 aliphatic heterocycles. The quantitative estimate of drug-likeness (QED) is 0.603. The van der Waals surface area contributed by atoms with Gasteiger partial charge in [0.2, 0.25) is 0 Å². The third-order valence-electron chi connectivity index (χ3n) is 1.98. The van der Waals surface area contributed by atoms with Crippen molar-refractivity contribution in [2.45, 2.75) is 19.4 Å². The maximum absolute atomic E-state index is 5.02. The Hall–Kier alpha value is -0.0800. The average molecular weight is 129 g/mol. The zero-order valence-corrected chi connectivity index (χ0v) is 6.18. The second kappa shape index (κ2) is 3.18. The molecule has 0 radical (unpaired) electrons. The minimum Gasteiger partial charge on any atom is -0.384 e. The first kappa shape index (κ1) is 7.03. The van der Waals surface area contributed by atoms with Crippen LogP contribution in [0.15, 0.2) is 0 Å². The Morgan fingerprint density at radius 2 is 2.44 bits per heavy atom. The van der Waals surface area contributed by atoms with Crippen molar-refractivity contribution in [3.05, 3.63) is 0 Å². The first-order chi connectivity index (χ1) is 4.34. The summed E-state index contributed by atoms with van der Waals surface area (Å²) in [6, 6.07) is 0.727. The lowest BCUT2D eigenvalue weighted by Gasteiger charge is -2.32. The lowest BCUT2D eigenvalue weighted by molar-refractivity contribution is 0.120.